The van der Waals surface area contributed by atoms with Crippen LogP contribution in [-0.4, -0.2) is 17.8 Å². The number of carbonyl (C=O) groups is 3. The van der Waals surface area contributed by atoms with Crippen molar-refractivity contribution >= 4 is 23.5 Å². The highest BCUT2D eigenvalue weighted by atomic mass is 16.2. The minimum atomic E-state index is -0.451. The van der Waals surface area contributed by atoms with Gasteiger partial charge in [-0.15, -0.1) is 0 Å². The van der Waals surface area contributed by atoms with Gasteiger partial charge >= 0.3 is 6.03 Å². The number of rotatable bonds is 3. The lowest BCUT2D eigenvalue weighted by molar-refractivity contribution is 0.0879. The van der Waals surface area contributed by atoms with Gasteiger partial charge < -0.3 is 10.6 Å². The lowest BCUT2D eigenvalue weighted by Crippen LogP contribution is -2.28. The van der Waals surface area contributed by atoms with Crippen LogP contribution < -0.4 is 16.0 Å². The van der Waals surface area contributed by atoms with Gasteiger partial charge in [-0.1, -0.05) is 30.3 Å². The molecule has 0 aliphatic carbocycles. The SMILES string of the molecule is O=C(NCc1ccccc1)Nc1ccc2c(c1)C(=O)NC2=O. The Balaban J connectivity index is 1.64. The first-order chi connectivity index (χ1) is 10.6. The van der Waals surface area contributed by atoms with E-state index in [4.69, 9.17) is 0 Å². The Hall–Kier alpha value is -3.15. The molecule has 2 aromatic rings. The molecule has 0 bridgehead atoms. The highest BCUT2D eigenvalue weighted by Crippen LogP contribution is 2.20. The van der Waals surface area contributed by atoms with Crippen molar-refractivity contribution in [3.63, 3.8) is 0 Å². The molecule has 0 saturated carbocycles. The van der Waals surface area contributed by atoms with E-state index in [0.29, 0.717) is 17.8 Å². The van der Waals surface area contributed by atoms with Crippen molar-refractivity contribution in [3.8, 4) is 0 Å². The normalized spacial score (nSPS) is 12.5. The number of fused-ring (bicyclic) bond motifs is 1. The van der Waals surface area contributed by atoms with Gasteiger partial charge in [0.1, 0.15) is 0 Å². The molecule has 2 aromatic carbocycles. The molecule has 3 N–H and O–H groups in total. The monoisotopic (exact) mass is 295 g/mol. The van der Waals surface area contributed by atoms with Crippen LogP contribution in [0.3, 0.4) is 0 Å². The Morgan fingerprint density at radius 3 is 2.45 bits per heavy atom. The molecule has 22 heavy (non-hydrogen) atoms. The molecule has 3 rings (SSSR count). The summed E-state index contributed by atoms with van der Waals surface area (Å²) < 4.78 is 0. The minimum Gasteiger partial charge on any atom is -0.334 e. The van der Waals surface area contributed by atoms with E-state index in [9.17, 15) is 14.4 Å². The first kappa shape index (κ1) is 13.8. The molecule has 6 nitrogen and oxygen atoms in total. The Bertz CT molecular complexity index is 756. The lowest BCUT2D eigenvalue weighted by Gasteiger charge is -2.08. The Labute approximate surface area is 126 Å². The molecule has 0 fully saturated rings. The Morgan fingerprint density at radius 1 is 0.955 bits per heavy atom. The summed E-state index contributed by atoms with van der Waals surface area (Å²) in [6.07, 6.45) is 0. The van der Waals surface area contributed by atoms with Gasteiger partial charge in [-0.3, -0.25) is 14.9 Å². The molecule has 0 saturated heterocycles. The van der Waals surface area contributed by atoms with Gasteiger partial charge in [0.05, 0.1) is 11.1 Å². The van der Waals surface area contributed by atoms with Crippen molar-refractivity contribution in [2.24, 2.45) is 0 Å². The van der Waals surface area contributed by atoms with Crippen LogP contribution in [0, 0.1) is 0 Å². The fraction of sp³-hybridized carbons (Fsp3) is 0.0625. The first-order valence-corrected chi connectivity index (χ1v) is 6.72. The van der Waals surface area contributed by atoms with E-state index in [1.165, 1.54) is 12.1 Å². The van der Waals surface area contributed by atoms with Crippen molar-refractivity contribution in [2.45, 2.75) is 6.54 Å². The fourth-order valence-corrected chi connectivity index (χ4v) is 2.20. The van der Waals surface area contributed by atoms with Crippen LogP contribution in [-0.2, 0) is 6.54 Å². The smallest absolute Gasteiger partial charge is 0.319 e. The maximum absolute atomic E-state index is 11.8. The summed E-state index contributed by atoms with van der Waals surface area (Å²) in [6.45, 7) is 0.399. The summed E-state index contributed by atoms with van der Waals surface area (Å²) in [5, 5.41) is 7.56. The summed E-state index contributed by atoms with van der Waals surface area (Å²) in [7, 11) is 0. The number of carbonyl (C=O) groups excluding carboxylic acids is 3. The van der Waals surface area contributed by atoms with Gasteiger partial charge in [-0.2, -0.15) is 0 Å². The molecular weight excluding hydrogens is 282 g/mol. The van der Waals surface area contributed by atoms with E-state index < -0.39 is 11.8 Å². The number of amides is 4. The largest absolute Gasteiger partial charge is 0.334 e. The van der Waals surface area contributed by atoms with E-state index in [1.54, 1.807) is 6.07 Å². The number of urea groups is 1. The molecule has 1 aliphatic heterocycles. The summed E-state index contributed by atoms with van der Waals surface area (Å²) in [4.78, 5) is 34.8. The average Bonchev–Trinajstić information content (AvgIpc) is 2.81. The van der Waals surface area contributed by atoms with Crippen LogP contribution in [0.25, 0.3) is 0 Å². The molecule has 4 amide bonds. The number of anilines is 1. The second-order valence-corrected chi connectivity index (χ2v) is 4.84. The van der Waals surface area contributed by atoms with Crippen molar-refractivity contribution in [2.75, 3.05) is 5.32 Å². The zero-order valence-corrected chi connectivity index (χ0v) is 11.6. The van der Waals surface area contributed by atoms with E-state index in [0.717, 1.165) is 5.56 Å². The average molecular weight is 295 g/mol. The Kier molecular flexibility index (Phi) is 3.57. The topological polar surface area (TPSA) is 87.3 Å². The molecule has 0 unspecified atom stereocenters. The van der Waals surface area contributed by atoms with Crippen LogP contribution >= 0.6 is 0 Å². The molecule has 110 valence electrons. The molecule has 0 aromatic heterocycles. The molecule has 0 spiro atoms. The first-order valence-electron chi connectivity index (χ1n) is 6.72. The second-order valence-electron chi connectivity index (χ2n) is 4.84. The van der Waals surface area contributed by atoms with E-state index in [-0.39, 0.29) is 11.6 Å². The van der Waals surface area contributed by atoms with Crippen molar-refractivity contribution in [1.82, 2.24) is 10.6 Å². The van der Waals surface area contributed by atoms with Crippen molar-refractivity contribution < 1.29 is 14.4 Å². The van der Waals surface area contributed by atoms with Gasteiger partial charge in [0.15, 0.2) is 0 Å². The number of hydrogen-bond donors (Lipinski definition) is 3. The summed E-state index contributed by atoms with van der Waals surface area (Å²) >= 11 is 0. The molecule has 1 aliphatic rings. The van der Waals surface area contributed by atoms with Gasteiger partial charge in [0.2, 0.25) is 0 Å². The van der Waals surface area contributed by atoms with Crippen LogP contribution in [0.2, 0.25) is 0 Å². The quantitative estimate of drug-likeness (QED) is 0.756. The number of imide groups is 1. The third kappa shape index (κ3) is 2.80. The molecule has 0 atom stereocenters. The van der Waals surface area contributed by atoms with Crippen LogP contribution in [0.1, 0.15) is 26.3 Å². The molecule has 6 heteroatoms. The highest BCUT2D eigenvalue weighted by Gasteiger charge is 2.26. The second kappa shape index (κ2) is 5.69. The van der Waals surface area contributed by atoms with Gasteiger partial charge in [0.25, 0.3) is 11.8 Å². The highest BCUT2D eigenvalue weighted by molar-refractivity contribution is 6.21. The number of hydrogen-bond acceptors (Lipinski definition) is 3. The minimum absolute atomic E-state index is 0.269. The maximum Gasteiger partial charge on any atom is 0.319 e. The van der Waals surface area contributed by atoms with Crippen LogP contribution in [0.5, 0.6) is 0 Å². The summed E-state index contributed by atoms with van der Waals surface area (Å²) in [6, 6.07) is 13.7. The predicted molar refractivity (Wildman–Crippen MR) is 80.5 cm³/mol. The van der Waals surface area contributed by atoms with E-state index in [1.807, 2.05) is 30.3 Å². The fourth-order valence-electron chi connectivity index (χ4n) is 2.20. The lowest BCUT2D eigenvalue weighted by atomic mass is 10.1. The predicted octanol–water partition coefficient (Wildman–Crippen LogP) is 1.89. The van der Waals surface area contributed by atoms with Gasteiger partial charge in [0, 0.05) is 12.2 Å². The summed E-state index contributed by atoms with van der Waals surface area (Å²) in [5.41, 5.74) is 2.02. The van der Waals surface area contributed by atoms with Gasteiger partial charge in [-0.05, 0) is 23.8 Å². The van der Waals surface area contributed by atoms with Crippen molar-refractivity contribution in [1.29, 1.82) is 0 Å². The van der Waals surface area contributed by atoms with E-state index >= 15 is 0 Å². The van der Waals surface area contributed by atoms with Crippen LogP contribution in [0.4, 0.5) is 10.5 Å². The number of benzene rings is 2. The van der Waals surface area contributed by atoms with E-state index in [2.05, 4.69) is 16.0 Å². The van der Waals surface area contributed by atoms with Gasteiger partial charge in [-0.25, -0.2) is 4.79 Å². The number of nitrogens with one attached hydrogen (secondary N) is 3. The maximum atomic E-state index is 11.8. The molecular formula is C16H13N3O3. The molecule has 1 heterocycles. The zero-order chi connectivity index (χ0) is 15.5. The summed E-state index contributed by atoms with van der Waals surface area (Å²) in [5.74, 6) is -0.867. The van der Waals surface area contributed by atoms with Crippen LogP contribution in [0.15, 0.2) is 48.5 Å². The standard InChI is InChI=1S/C16H13N3O3/c20-14-12-7-6-11(8-13(12)15(21)19-14)18-16(22)17-9-10-4-2-1-3-5-10/h1-8H,9H2,(H2,17,18,22)(H,19,20,21). The molecule has 0 radical (unpaired) electrons. The zero-order valence-electron chi connectivity index (χ0n) is 11.6. The van der Waals surface area contributed by atoms with Crippen molar-refractivity contribution in [3.05, 3.63) is 65.2 Å². The third-order valence-corrected chi connectivity index (χ3v) is 3.29. The third-order valence-electron chi connectivity index (χ3n) is 3.29. The Morgan fingerprint density at radius 2 is 1.68 bits per heavy atom.